The topological polar surface area (TPSA) is 58.6 Å². The van der Waals surface area contributed by atoms with Crippen LogP contribution in [0, 0.1) is 0 Å². The first-order valence-corrected chi connectivity index (χ1v) is 5.51. The molecule has 0 fully saturated rings. The van der Waals surface area contributed by atoms with E-state index in [1.807, 2.05) is 6.07 Å². The zero-order valence-corrected chi connectivity index (χ0v) is 9.67. The summed E-state index contributed by atoms with van der Waals surface area (Å²) in [6.07, 6.45) is -0.544. The van der Waals surface area contributed by atoms with Gasteiger partial charge in [-0.3, -0.25) is 5.32 Å². The summed E-state index contributed by atoms with van der Waals surface area (Å²) >= 11 is 0. The number of nitrogens with one attached hydrogen (secondary N) is 1. The molecule has 1 amide bonds. The zero-order valence-electron chi connectivity index (χ0n) is 9.67. The molecule has 0 aliphatic heterocycles. The SMILES string of the molecule is O=C(Nc1ccc(CO)cc1)Oc1ccccc1. The number of para-hydroxylation sites is 1. The van der Waals surface area contributed by atoms with Crippen molar-refractivity contribution in [3.63, 3.8) is 0 Å². The standard InChI is InChI=1S/C14H13NO3/c16-10-11-6-8-12(9-7-11)15-14(17)18-13-4-2-1-3-5-13/h1-9,16H,10H2,(H,15,17). The van der Waals surface area contributed by atoms with Gasteiger partial charge >= 0.3 is 6.09 Å². The van der Waals surface area contributed by atoms with Crippen molar-refractivity contribution in [3.8, 4) is 5.75 Å². The number of carbonyl (C=O) groups excluding carboxylic acids is 1. The van der Waals surface area contributed by atoms with Gasteiger partial charge in [0.2, 0.25) is 0 Å². The van der Waals surface area contributed by atoms with E-state index in [4.69, 9.17) is 9.84 Å². The normalized spacial score (nSPS) is 9.83. The zero-order chi connectivity index (χ0) is 12.8. The van der Waals surface area contributed by atoms with Crippen molar-refractivity contribution in [3.05, 3.63) is 60.2 Å². The highest BCUT2D eigenvalue weighted by Crippen LogP contribution is 2.12. The summed E-state index contributed by atoms with van der Waals surface area (Å²) in [5, 5.41) is 11.5. The highest BCUT2D eigenvalue weighted by atomic mass is 16.6. The molecule has 0 heterocycles. The molecule has 2 N–H and O–H groups in total. The van der Waals surface area contributed by atoms with E-state index in [0.29, 0.717) is 11.4 Å². The van der Waals surface area contributed by atoms with Crippen LogP contribution in [0.4, 0.5) is 10.5 Å². The van der Waals surface area contributed by atoms with Gasteiger partial charge in [-0.05, 0) is 29.8 Å². The second-order valence-electron chi connectivity index (χ2n) is 3.68. The van der Waals surface area contributed by atoms with Crippen LogP contribution in [0.2, 0.25) is 0 Å². The van der Waals surface area contributed by atoms with E-state index in [1.54, 1.807) is 48.5 Å². The fourth-order valence-electron chi connectivity index (χ4n) is 1.43. The molecule has 0 radical (unpaired) electrons. The molecule has 2 rings (SSSR count). The summed E-state index contributed by atoms with van der Waals surface area (Å²) in [4.78, 5) is 11.6. The van der Waals surface area contributed by atoms with Gasteiger partial charge in [-0.1, -0.05) is 30.3 Å². The van der Waals surface area contributed by atoms with Gasteiger partial charge in [0, 0.05) is 5.69 Å². The Hall–Kier alpha value is -2.33. The lowest BCUT2D eigenvalue weighted by atomic mass is 10.2. The maximum atomic E-state index is 11.6. The minimum Gasteiger partial charge on any atom is -0.410 e. The summed E-state index contributed by atoms with van der Waals surface area (Å²) in [6, 6.07) is 15.7. The molecular formula is C14H13NO3. The highest BCUT2D eigenvalue weighted by molar-refractivity contribution is 5.86. The molecule has 0 saturated carbocycles. The second-order valence-corrected chi connectivity index (χ2v) is 3.68. The van der Waals surface area contributed by atoms with Crippen LogP contribution in [0.25, 0.3) is 0 Å². The number of anilines is 1. The van der Waals surface area contributed by atoms with Crippen LogP contribution in [-0.4, -0.2) is 11.2 Å². The fraction of sp³-hybridized carbons (Fsp3) is 0.0714. The summed E-state index contributed by atoms with van der Waals surface area (Å²) < 4.78 is 5.08. The van der Waals surface area contributed by atoms with Crippen molar-refractivity contribution in [1.82, 2.24) is 0 Å². The molecule has 18 heavy (non-hydrogen) atoms. The molecule has 4 heteroatoms. The Bertz CT molecular complexity index is 508. The van der Waals surface area contributed by atoms with Crippen LogP contribution in [0.5, 0.6) is 5.75 Å². The minimum absolute atomic E-state index is 0.0191. The highest BCUT2D eigenvalue weighted by Gasteiger charge is 2.04. The van der Waals surface area contributed by atoms with Crippen molar-refractivity contribution in [2.24, 2.45) is 0 Å². The minimum atomic E-state index is -0.544. The predicted octanol–water partition coefficient (Wildman–Crippen LogP) is 2.79. The molecule has 0 atom stereocenters. The Balaban J connectivity index is 1.94. The van der Waals surface area contributed by atoms with Crippen LogP contribution in [-0.2, 0) is 6.61 Å². The molecule has 0 unspecified atom stereocenters. The molecule has 0 bridgehead atoms. The monoisotopic (exact) mass is 243 g/mol. The first-order valence-electron chi connectivity index (χ1n) is 5.51. The number of rotatable bonds is 3. The van der Waals surface area contributed by atoms with Crippen LogP contribution < -0.4 is 10.1 Å². The third kappa shape index (κ3) is 3.33. The van der Waals surface area contributed by atoms with Crippen LogP contribution in [0.3, 0.4) is 0 Å². The molecular weight excluding hydrogens is 230 g/mol. The largest absolute Gasteiger partial charge is 0.417 e. The predicted molar refractivity (Wildman–Crippen MR) is 68.5 cm³/mol. The Morgan fingerprint density at radius 3 is 2.33 bits per heavy atom. The summed E-state index contributed by atoms with van der Waals surface area (Å²) in [7, 11) is 0. The van der Waals surface area contributed by atoms with Crippen molar-refractivity contribution < 1.29 is 14.6 Å². The number of amides is 1. The average Bonchev–Trinajstić information content (AvgIpc) is 2.40. The molecule has 0 aliphatic carbocycles. The van der Waals surface area contributed by atoms with Crippen molar-refractivity contribution >= 4 is 11.8 Å². The van der Waals surface area contributed by atoms with E-state index in [0.717, 1.165) is 5.56 Å². The number of ether oxygens (including phenoxy) is 1. The summed E-state index contributed by atoms with van der Waals surface area (Å²) in [5.41, 5.74) is 1.41. The molecule has 0 aromatic heterocycles. The molecule has 92 valence electrons. The van der Waals surface area contributed by atoms with Crippen molar-refractivity contribution in [1.29, 1.82) is 0 Å². The third-order valence-corrected chi connectivity index (χ3v) is 2.34. The molecule has 0 aliphatic rings. The van der Waals surface area contributed by atoms with Gasteiger partial charge in [0.25, 0.3) is 0 Å². The first-order chi connectivity index (χ1) is 8.78. The second kappa shape index (κ2) is 5.84. The lowest BCUT2D eigenvalue weighted by Gasteiger charge is -2.06. The van der Waals surface area contributed by atoms with Gasteiger partial charge < -0.3 is 9.84 Å². The fourth-order valence-corrected chi connectivity index (χ4v) is 1.43. The van der Waals surface area contributed by atoms with Crippen LogP contribution >= 0.6 is 0 Å². The average molecular weight is 243 g/mol. The van der Waals surface area contributed by atoms with Gasteiger partial charge in [-0.2, -0.15) is 0 Å². The van der Waals surface area contributed by atoms with E-state index in [9.17, 15) is 4.79 Å². The molecule has 0 spiro atoms. The van der Waals surface area contributed by atoms with Gasteiger partial charge in [0.1, 0.15) is 5.75 Å². The van der Waals surface area contributed by atoms with E-state index in [1.165, 1.54) is 0 Å². The number of hydrogen-bond acceptors (Lipinski definition) is 3. The van der Waals surface area contributed by atoms with Gasteiger partial charge in [0.15, 0.2) is 0 Å². The van der Waals surface area contributed by atoms with Crippen molar-refractivity contribution in [2.75, 3.05) is 5.32 Å². The van der Waals surface area contributed by atoms with E-state index in [-0.39, 0.29) is 6.61 Å². The number of aliphatic hydroxyl groups excluding tert-OH is 1. The van der Waals surface area contributed by atoms with Gasteiger partial charge in [-0.25, -0.2) is 4.79 Å². The summed E-state index contributed by atoms with van der Waals surface area (Å²) in [5.74, 6) is 0.488. The molecule has 4 nitrogen and oxygen atoms in total. The first kappa shape index (κ1) is 12.1. The van der Waals surface area contributed by atoms with E-state index >= 15 is 0 Å². The van der Waals surface area contributed by atoms with Crippen molar-refractivity contribution in [2.45, 2.75) is 6.61 Å². The Labute approximate surface area is 105 Å². The van der Waals surface area contributed by atoms with Gasteiger partial charge in [0.05, 0.1) is 6.61 Å². The van der Waals surface area contributed by atoms with E-state index in [2.05, 4.69) is 5.32 Å². The maximum Gasteiger partial charge on any atom is 0.417 e. The number of carbonyl (C=O) groups is 1. The van der Waals surface area contributed by atoms with E-state index < -0.39 is 6.09 Å². The smallest absolute Gasteiger partial charge is 0.410 e. The third-order valence-electron chi connectivity index (χ3n) is 2.34. The Morgan fingerprint density at radius 2 is 1.72 bits per heavy atom. The van der Waals surface area contributed by atoms with Crippen LogP contribution in [0.1, 0.15) is 5.56 Å². The Kier molecular flexibility index (Phi) is 3.94. The lowest BCUT2D eigenvalue weighted by molar-refractivity contribution is 0.215. The molecule has 2 aromatic rings. The Morgan fingerprint density at radius 1 is 1.06 bits per heavy atom. The quantitative estimate of drug-likeness (QED) is 0.871. The van der Waals surface area contributed by atoms with Crippen LogP contribution in [0.15, 0.2) is 54.6 Å². The number of aliphatic hydroxyl groups is 1. The lowest BCUT2D eigenvalue weighted by Crippen LogP contribution is -2.16. The molecule has 2 aromatic carbocycles. The number of hydrogen-bond donors (Lipinski definition) is 2. The maximum absolute atomic E-state index is 11.6. The summed E-state index contributed by atoms with van der Waals surface area (Å²) in [6.45, 7) is -0.0191. The van der Waals surface area contributed by atoms with Gasteiger partial charge in [-0.15, -0.1) is 0 Å². The molecule has 0 saturated heterocycles. The number of benzene rings is 2.